The van der Waals surface area contributed by atoms with Crippen LogP contribution in [-0.2, 0) is 25.7 Å². The number of esters is 1. The van der Waals surface area contributed by atoms with Crippen molar-refractivity contribution in [1.82, 2.24) is 0 Å². The van der Waals surface area contributed by atoms with E-state index in [9.17, 15) is 31.2 Å². The van der Waals surface area contributed by atoms with Crippen LogP contribution in [-0.4, -0.2) is 26.9 Å². The van der Waals surface area contributed by atoms with Gasteiger partial charge in [-0.2, -0.15) is 13.2 Å². The summed E-state index contributed by atoms with van der Waals surface area (Å²) in [6.07, 6.45) is -4.50. The van der Waals surface area contributed by atoms with E-state index in [1.54, 1.807) is 0 Å². The minimum Gasteiger partial charge on any atom is -0.452 e. The van der Waals surface area contributed by atoms with Crippen LogP contribution in [0.4, 0.5) is 18.9 Å². The third kappa shape index (κ3) is 5.54. The summed E-state index contributed by atoms with van der Waals surface area (Å²) in [7, 11) is -4.03. The Balaban J connectivity index is 2.00. The van der Waals surface area contributed by atoms with Crippen molar-refractivity contribution in [2.45, 2.75) is 18.0 Å². The van der Waals surface area contributed by atoms with Crippen LogP contribution in [0.1, 0.15) is 21.5 Å². The first-order valence-corrected chi connectivity index (χ1v) is 9.20. The Kier molecular flexibility index (Phi) is 6.10. The van der Waals surface area contributed by atoms with Gasteiger partial charge >= 0.3 is 12.1 Å². The fourth-order valence-electron chi connectivity index (χ4n) is 2.15. The van der Waals surface area contributed by atoms with Gasteiger partial charge in [-0.15, -0.1) is 0 Å². The highest BCUT2D eigenvalue weighted by atomic mass is 32.2. The van der Waals surface area contributed by atoms with E-state index >= 15 is 0 Å². The fraction of sp³-hybridized carbons (Fsp3) is 0.176. The number of ether oxygens (including phenoxy) is 1. The molecule has 0 heterocycles. The van der Waals surface area contributed by atoms with Gasteiger partial charge in [-0.25, -0.2) is 18.4 Å². The van der Waals surface area contributed by atoms with E-state index in [0.717, 1.165) is 30.3 Å². The molecule has 0 aliphatic heterocycles. The molecule has 28 heavy (non-hydrogen) atoms. The number of amides is 1. The van der Waals surface area contributed by atoms with E-state index in [-0.39, 0.29) is 16.1 Å². The van der Waals surface area contributed by atoms with Gasteiger partial charge < -0.3 is 10.1 Å². The Morgan fingerprint density at radius 1 is 1.11 bits per heavy atom. The average Bonchev–Trinajstić information content (AvgIpc) is 2.58. The Labute approximate surface area is 158 Å². The molecule has 150 valence electrons. The number of halogens is 3. The van der Waals surface area contributed by atoms with Gasteiger partial charge in [0.1, 0.15) is 0 Å². The number of nitrogens with two attached hydrogens (primary N) is 1. The standard InChI is InChI=1S/C17H15F3N2O5S/c1-10-2-7-13(28(21,25)26)8-14(10)16(24)27-9-15(23)22-12-5-3-11(4-6-12)17(18,19)20/h2-8H,9H2,1H3,(H,22,23)(H2,21,25,26). The number of nitrogens with one attached hydrogen (secondary N) is 1. The average molecular weight is 416 g/mol. The first-order valence-electron chi connectivity index (χ1n) is 7.65. The summed E-state index contributed by atoms with van der Waals surface area (Å²) < 4.78 is 65.0. The van der Waals surface area contributed by atoms with Crippen LogP contribution < -0.4 is 10.5 Å². The predicted octanol–water partition coefficient (Wildman–Crippen LogP) is 2.46. The number of rotatable bonds is 5. The van der Waals surface area contributed by atoms with Crippen LogP contribution in [0.2, 0.25) is 0 Å². The summed E-state index contributed by atoms with van der Waals surface area (Å²) in [5.74, 6) is -1.74. The summed E-state index contributed by atoms with van der Waals surface area (Å²) in [5, 5.41) is 7.29. The third-order valence-electron chi connectivity index (χ3n) is 3.59. The van der Waals surface area contributed by atoms with Gasteiger partial charge in [0.05, 0.1) is 16.0 Å². The highest BCUT2D eigenvalue weighted by Crippen LogP contribution is 2.29. The van der Waals surface area contributed by atoms with Gasteiger partial charge in [-0.05, 0) is 48.9 Å². The normalized spacial score (nSPS) is 11.8. The molecule has 2 rings (SSSR count). The van der Waals surface area contributed by atoms with Crippen molar-refractivity contribution >= 4 is 27.6 Å². The zero-order valence-electron chi connectivity index (χ0n) is 14.4. The lowest BCUT2D eigenvalue weighted by atomic mass is 10.1. The smallest absolute Gasteiger partial charge is 0.416 e. The van der Waals surface area contributed by atoms with Crippen LogP contribution in [0.25, 0.3) is 0 Å². The van der Waals surface area contributed by atoms with Crippen molar-refractivity contribution in [3.63, 3.8) is 0 Å². The lowest BCUT2D eigenvalue weighted by Crippen LogP contribution is -2.21. The van der Waals surface area contributed by atoms with Crippen molar-refractivity contribution in [3.05, 3.63) is 59.2 Å². The molecule has 0 atom stereocenters. The summed E-state index contributed by atoms with van der Waals surface area (Å²) in [4.78, 5) is 23.6. The van der Waals surface area contributed by atoms with Crippen molar-refractivity contribution in [1.29, 1.82) is 0 Å². The zero-order valence-corrected chi connectivity index (χ0v) is 15.2. The summed E-state index contributed by atoms with van der Waals surface area (Å²) >= 11 is 0. The summed E-state index contributed by atoms with van der Waals surface area (Å²) in [6, 6.07) is 7.32. The largest absolute Gasteiger partial charge is 0.452 e. The number of carbonyl (C=O) groups excluding carboxylic acids is 2. The van der Waals surface area contributed by atoms with Gasteiger partial charge in [-0.3, -0.25) is 4.79 Å². The molecule has 0 radical (unpaired) electrons. The van der Waals surface area contributed by atoms with E-state index in [1.165, 1.54) is 19.1 Å². The Morgan fingerprint density at radius 2 is 1.71 bits per heavy atom. The van der Waals surface area contributed by atoms with E-state index in [0.29, 0.717) is 5.56 Å². The molecule has 0 saturated carbocycles. The quantitative estimate of drug-likeness (QED) is 0.727. The first-order chi connectivity index (χ1) is 12.9. The minimum atomic E-state index is -4.50. The lowest BCUT2D eigenvalue weighted by Gasteiger charge is -2.10. The third-order valence-corrected chi connectivity index (χ3v) is 4.50. The minimum absolute atomic E-state index is 0.0847. The number of alkyl halides is 3. The van der Waals surface area contributed by atoms with Crippen molar-refractivity contribution in [2.24, 2.45) is 5.14 Å². The topological polar surface area (TPSA) is 116 Å². The van der Waals surface area contributed by atoms with Crippen LogP contribution >= 0.6 is 0 Å². The monoisotopic (exact) mass is 416 g/mol. The molecule has 0 saturated heterocycles. The van der Waals surface area contributed by atoms with E-state index in [4.69, 9.17) is 9.88 Å². The Morgan fingerprint density at radius 3 is 2.25 bits per heavy atom. The molecule has 2 aromatic carbocycles. The SMILES string of the molecule is Cc1ccc(S(N)(=O)=O)cc1C(=O)OCC(=O)Nc1ccc(C(F)(F)F)cc1. The zero-order chi connectivity index (χ0) is 21.1. The van der Waals surface area contributed by atoms with Crippen molar-refractivity contribution < 1.29 is 35.9 Å². The predicted molar refractivity (Wildman–Crippen MR) is 92.9 cm³/mol. The second kappa shape index (κ2) is 7.98. The number of anilines is 1. The van der Waals surface area contributed by atoms with E-state index < -0.39 is 40.2 Å². The van der Waals surface area contributed by atoms with Crippen LogP contribution in [0.15, 0.2) is 47.4 Å². The fourth-order valence-corrected chi connectivity index (χ4v) is 2.69. The molecule has 3 N–H and O–H groups in total. The number of aryl methyl sites for hydroxylation is 1. The maximum atomic E-state index is 12.5. The number of hydrogen-bond acceptors (Lipinski definition) is 5. The first kappa shape index (κ1) is 21.4. The highest BCUT2D eigenvalue weighted by Gasteiger charge is 2.30. The molecule has 0 bridgehead atoms. The highest BCUT2D eigenvalue weighted by molar-refractivity contribution is 7.89. The molecule has 0 aromatic heterocycles. The molecule has 0 fully saturated rings. The summed E-state index contributed by atoms with van der Waals surface area (Å²) in [5.41, 5.74) is -0.474. The second-order valence-corrected chi connectivity index (χ2v) is 7.28. The number of benzene rings is 2. The molecule has 0 unspecified atom stereocenters. The van der Waals surface area contributed by atoms with Crippen LogP contribution in [0.3, 0.4) is 0 Å². The van der Waals surface area contributed by atoms with Crippen molar-refractivity contribution in [3.8, 4) is 0 Å². The molecule has 0 aliphatic carbocycles. The number of primary sulfonamides is 1. The molecule has 0 aliphatic rings. The van der Waals surface area contributed by atoms with Gasteiger partial charge in [0.2, 0.25) is 10.0 Å². The van der Waals surface area contributed by atoms with Gasteiger partial charge in [0, 0.05) is 5.69 Å². The second-order valence-electron chi connectivity index (χ2n) is 5.72. The molecule has 2 aromatic rings. The molecule has 1 amide bonds. The van der Waals surface area contributed by atoms with Crippen LogP contribution in [0, 0.1) is 6.92 Å². The molecule has 7 nitrogen and oxygen atoms in total. The summed E-state index contributed by atoms with van der Waals surface area (Å²) in [6.45, 7) is 0.810. The van der Waals surface area contributed by atoms with E-state index in [1.807, 2.05) is 0 Å². The number of hydrogen-bond donors (Lipinski definition) is 2. The maximum absolute atomic E-state index is 12.5. The number of carbonyl (C=O) groups is 2. The van der Waals surface area contributed by atoms with Crippen LogP contribution in [0.5, 0.6) is 0 Å². The van der Waals surface area contributed by atoms with E-state index in [2.05, 4.69) is 5.32 Å². The van der Waals surface area contributed by atoms with Gasteiger partial charge in [-0.1, -0.05) is 6.07 Å². The van der Waals surface area contributed by atoms with Crippen molar-refractivity contribution in [2.75, 3.05) is 11.9 Å². The van der Waals surface area contributed by atoms with Gasteiger partial charge in [0.15, 0.2) is 6.61 Å². The molecular formula is C17H15F3N2O5S. The Hall–Kier alpha value is -2.92. The maximum Gasteiger partial charge on any atom is 0.416 e. The lowest BCUT2D eigenvalue weighted by molar-refractivity contribution is -0.137. The van der Waals surface area contributed by atoms with Gasteiger partial charge in [0.25, 0.3) is 5.91 Å². The Bertz CT molecular complexity index is 1000. The molecule has 0 spiro atoms. The molecule has 11 heteroatoms. The number of sulfonamides is 1. The molecular weight excluding hydrogens is 401 g/mol.